The van der Waals surface area contributed by atoms with Gasteiger partial charge in [-0.1, -0.05) is 46.0 Å². The van der Waals surface area contributed by atoms with Gasteiger partial charge in [0, 0.05) is 25.0 Å². The molecule has 1 atom stereocenters. The zero-order valence-electron chi connectivity index (χ0n) is 12.1. The first-order valence-electron chi connectivity index (χ1n) is 7.75. The lowest BCUT2D eigenvalue weighted by Gasteiger charge is -2.17. The second-order valence-corrected chi connectivity index (χ2v) is 5.62. The fraction of sp³-hybridized carbons (Fsp3) is 0.933. The van der Waals surface area contributed by atoms with Gasteiger partial charge < -0.3 is 10.6 Å². The molecule has 0 aromatic rings. The topological polar surface area (TPSA) is 41.1 Å². The number of carbonyl (C=O) groups is 1. The van der Waals surface area contributed by atoms with Gasteiger partial charge in [0.05, 0.1) is 0 Å². The van der Waals surface area contributed by atoms with Crippen molar-refractivity contribution >= 4 is 5.91 Å². The van der Waals surface area contributed by atoms with Crippen molar-refractivity contribution in [2.45, 2.75) is 71.3 Å². The minimum Gasteiger partial charge on any atom is -0.355 e. The number of carbonyl (C=O) groups excluding carboxylic acids is 1. The molecule has 1 amide bonds. The van der Waals surface area contributed by atoms with Crippen LogP contribution in [0.5, 0.6) is 0 Å². The monoisotopic (exact) mass is 254 g/mol. The van der Waals surface area contributed by atoms with Crippen LogP contribution < -0.4 is 10.6 Å². The van der Waals surface area contributed by atoms with E-state index in [1.165, 1.54) is 38.5 Å². The third kappa shape index (κ3) is 6.39. The number of rotatable bonds is 7. The predicted octanol–water partition coefficient (Wildman–Crippen LogP) is 2.85. The summed E-state index contributed by atoms with van der Waals surface area (Å²) in [5, 5.41) is 6.59. The lowest BCUT2D eigenvalue weighted by molar-refractivity contribution is -0.124. The summed E-state index contributed by atoms with van der Waals surface area (Å²) in [5.74, 6) is 0.368. The number of nitrogens with one attached hydrogen (secondary N) is 2. The van der Waals surface area contributed by atoms with Crippen molar-refractivity contribution < 1.29 is 4.79 Å². The Hall–Kier alpha value is -0.570. The van der Waals surface area contributed by atoms with Gasteiger partial charge in [-0.25, -0.2) is 0 Å². The third-order valence-electron chi connectivity index (χ3n) is 3.88. The van der Waals surface area contributed by atoms with Crippen LogP contribution in [0.4, 0.5) is 0 Å². The highest BCUT2D eigenvalue weighted by molar-refractivity contribution is 5.78. The van der Waals surface area contributed by atoms with Gasteiger partial charge in [0.1, 0.15) is 0 Å². The predicted molar refractivity (Wildman–Crippen MR) is 76.6 cm³/mol. The molecule has 0 aliphatic heterocycles. The van der Waals surface area contributed by atoms with Crippen LogP contribution in [-0.2, 0) is 4.79 Å². The molecule has 2 N–H and O–H groups in total. The minimum atomic E-state index is 0.160. The molecular weight excluding hydrogens is 224 g/mol. The molecule has 0 spiro atoms. The summed E-state index contributed by atoms with van der Waals surface area (Å²) in [6.45, 7) is 5.81. The lowest BCUT2D eigenvalue weighted by atomic mass is 10.1. The number of hydrogen-bond donors (Lipinski definition) is 2. The minimum absolute atomic E-state index is 0.160. The summed E-state index contributed by atoms with van der Waals surface area (Å²) in [6.07, 6.45) is 10.2. The smallest absolute Gasteiger partial charge is 0.222 e. The highest BCUT2D eigenvalue weighted by Gasteiger charge is 2.12. The first-order chi connectivity index (χ1) is 8.74. The lowest BCUT2D eigenvalue weighted by Crippen LogP contribution is -2.38. The Morgan fingerprint density at radius 2 is 1.83 bits per heavy atom. The molecule has 1 aliphatic carbocycles. The molecule has 1 unspecified atom stereocenters. The molecule has 0 aromatic carbocycles. The second kappa shape index (κ2) is 9.37. The zero-order valence-corrected chi connectivity index (χ0v) is 12.1. The first-order valence-corrected chi connectivity index (χ1v) is 7.75. The molecule has 3 heteroatoms. The highest BCUT2D eigenvalue weighted by Crippen LogP contribution is 2.16. The van der Waals surface area contributed by atoms with Gasteiger partial charge in [-0.2, -0.15) is 0 Å². The molecule has 1 aliphatic rings. The highest BCUT2D eigenvalue weighted by atomic mass is 16.1. The van der Waals surface area contributed by atoms with Gasteiger partial charge in [0.15, 0.2) is 0 Å². The van der Waals surface area contributed by atoms with E-state index in [2.05, 4.69) is 17.6 Å². The van der Waals surface area contributed by atoms with Crippen molar-refractivity contribution in [2.75, 3.05) is 13.1 Å². The quantitative estimate of drug-likeness (QED) is 0.542. The van der Waals surface area contributed by atoms with Crippen molar-refractivity contribution in [3.05, 3.63) is 0 Å². The van der Waals surface area contributed by atoms with Crippen LogP contribution in [0.15, 0.2) is 0 Å². The summed E-state index contributed by atoms with van der Waals surface area (Å²) < 4.78 is 0. The summed E-state index contributed by atoms with van der Waals surface area (Å²) in [5.41, 5.74) is 0. The van der Waals surface area contributed by atoms with Crippen LogP contribution >= 0.6 is 0 Å². The van der Waals surface area contributed by atoms with Gasteiger partial charge in [0.2, 0.25) is 5.91 Å². The number of amides is 1. The van der Waals surface area contributed by atoms with E-state index in [9.17, 15) is 4.79 Å². The zero-order chi connectivity index (χ0) is 13.2. The average molecular weight is 254 g/mol. The van der Waals surface area contributed by atoms with Crippen molar-refractivity contribution in [1.82, 2.24) is 10.6 Å². The molecule has 1 saturated carbocycles. The van der Waals surface area contributed by atoms with Crippen molar-refractivity contribution in [2.24, 2.45) is 5.92 Å². The average Bonchev–Trinajstić information content (AvgIpc) is 2.63. The molecule has 0 aromatic heterocycles. The summed E-state index contributed by atoms with van der Waals surface area (Å²) >= 11 is 0. The van der Waals surface area contributed by atoms with Gasteiger partial charge in [-0.05, 0) is 19.3 Å². The normalized spacial score (nSPS) is 19.2. The molecule has 106 valence electrons. The molecule has 18 heavy (non-hydrogen) atoms. The maximum atomic E-state index is 11.7. The molecule has 1 rings (SSSR count). The van der Waals surface area contributed by atoms with E-state index in [1.54, 1.807) is 0 Å². The third-order valence-corrected chi connectivity index (χ3v) is 3.88. The van der Waals surface area contributed by atoms with Crippen LogP contribution in [0.25, 0.3) is 0 Å². The van der Waals surface area contributed by atoms with Gasteiger partial charge >= 0.3 is 0 Å². The Labute approximate surface area is 112 Å². The van der Waals surface area contributed by atoms with E-state index in [1.807, 2.05) is 6.92 Å². The van der Waals surface area contributed by atoms with E-state index in [0.29, 0.717) is 6.04 Å². The van der Waals surface area contributed by atoms with Crippen molar-refractivity contribution in [3.63, 3.8) is 0 Å². The van der Waals surface area contributed by atoms with Crippen LogP contribution in [0.2, 0.25) is 0 Å². The molecule has 0 heterocycles. The maximum Gasteiger partial charge on any atom is 0.222 e. The van der Waals surface area contributed by atoms with Crippen LogP contribution in [0.1, 0.15) is 65.2 Å². The van der Waals surface area contributed by atoms with E-state index in [-0.39, 0.29) is 11.8 Å². The molecule has 0 radical (unpaired) electrons. The standard InChI is InChI=1S/C15H30N2O/c1-3-8-13(2)15(18)17-12-11-16-14-9-6-4-5-7-10-14/h13-14,16H,3-12H2,1-2H3,(H,17,18). The Kier molecular flexibility index (Phi) is 8.06. The SMILES string of the molecule is CCCC(C)C(=O)NCCNC1CCCCCC1. The van der Waals surface area contributed by atoms with Crippen LogP contribution in [0.3, 0.4) is 0 Å². The summed E-state index contributed by atoms with van der Waals surface area (Å²) in [6, 6.07) is 0.678. The van der Waals surface area contributed by atoms with Gasteiger partial charge in [0.25, 0.3) is 0 Å². The van der Waals surface area contributed by atoms with E-state index in [0.717, 1.165) is 25.9 Å². The Morgan fingerprint density at radius 1 is 1.17 bits per heavy atom. The van der Waals surface area contributed by atoms with Crippen LogP contribution in [-0.4, -0.2) is 25.0 Å². The van der Waals surface area contributed by atoms with Gasteiger partial charge in [-0.15, -0.1) is 0 Å². The Balaban J connectivity index is 2.05. The molecule has 0 bridgehead atoms. The van der Waals surface area contributed by atoms with E-state index >= 15 is 0 Å². The summed E-state index contributed by atoms with van der Waals surface area (Å²) in [7, 11) is 0. The fourth-order valence-electron chi connectivity index (χ4n) is 2.68. The number of hydrogen-bond acceptors (Lipinski definition) is 2. The summed E-state index contributed by atoms with van der Waals surface area (Å²) in [4.78, 5) is 11.7. The maximum absolute atomic E-state index is 11.7. The van der Waals surface area contributed by atoms with E-state index in [4.69, 9.17) is 0 Å². The Bertz CT molecular complexity index is 223. The molecule has 0 saturated heterocycles. The van der Waals surface area contributed by atoms with Crippen molar-refractivity contribution in [3.8, 4) is 0 Å². The van der Waals surface area contributed by atoms with Crippen LogP contribution in [0, 0.1) is 5.92 Å². The fourth-order valence-corrected chi connectivity index (χ4v) is 2.68. The largest absolute Gasteiger partial charge is 0.355 e. The molecule has 1 fully saturated rings. The van der Waals surface area contributed by atoms with Crippen molar-refractivity contribution in [1.29, 1.82) is 0 Å². The van der Waals surface area contributed by atoms with Gasteiger partial charge in [-0.3, -0.25) is 4.79 Å². The molecular formula is C15H30N2O. The first kappa shape index (κ1) is 15.5. The molecule has 3 nitrogen and oxygen atoms in total. The van der Waals surface area contributed by atoms with E-state index < -0.39 is 0 Å². The second-order valence-electron chi connectivity index (χ2n) is 5.62. The Morgan fingerprint density at radius 3 is 2.44 bits per heavy atom.